The maximum absolute atomic E-state index is 11.7. The lowest BCUT2D eigenvalue weighted by atomic mass is 10.2. The summed E-state index contributed by atoms with van der Waals surface area (Å²) in [5.74, 6) is -0.274. The smallest absolute Gasteiger partial charge is 0.350 e. The zero-order valence-electron chi connectivity index (χ0n) is 12.1. The van der Waals surface area contributed by atoms with E-state index < -0.39 is 0 Å². The molecule has 3 rings (SSSR count). The molecular weight excluding hydrogens is 274 g/mol. The van der Waals surface area contributed by atoms with Crippen molar-refractivity contribution < 1.29 is 9.53 Å². The number of hydrogen-bond donors (Lipinski definition) is 0. The molecular formula is C14H21N3O2S. The van der Waals surface area contributed by atoms with E-state index >= 15 is 0 Å². The van der Waals surface area contributed by atoms with Gasteiger partial charge in [-0.15, -0.1) is 0 Å². The molecule has 110 valence electrons. The Morgan fingerprint density at radius 2 is 2.15 bits per heavy atom. The van der Waals surface area contributed by atoms with E-state index in [0.717, 1.165) is 23.9 Å². The van der Waals surface area contributed by atoms with Gasteiger partial charge in [0.05, 0.1) is 12.8 Å². The molecule has 1 atom stereocenters. The van der Waals surface area contributed by atoms with Crippen LogP contribution < -0.4 is 4.90 Å². The normalized spacial score (nSPS) is 23.5. The van der Waals surface area contributed by atoms with Gasteiger partial charge in [-0.1, -0.05) is 11.3 Å². The highest BCUT2D eigenvalue weighted by Gasteiger charge is 2.30. The van der Waals surface area contributed by atoms with Crippen molar-refractivity contribution in [2.45, 2.75) is 32.2 Å². The number of hydrogen-bond acceptors (Lipinski definition) is 6. The van der Waals surface area contributed by atoms with Gasteiger partial charge in [0.2, 0.25) is 0 Å². The van der Waals surface area contributed by atoms with Gasteiger partial charge in [0.25, 0.3) is 0 Å². The van der Waals surface area contributed by atoms with Crippen LogP contribution in [0.5, 0.6) is 0 Å². The summed E-state index contributed by atoms with van der Waals surface area (Å²) in [6.07, 6.45) is 3.76. The third kappa shape index (κ3) is 2.54. The Balaban J connectivity index is 1.79. The lowest BCUT2D eigenvalue weighted by Gasteiger charge is -2.25. The summed E-state index contributed by atoms with van der Waals surface area (Å²) < 4.78 is 4.82. The lowest BCUT2D eigenvalue weighted by Crippen LogP contribution is -2.36. The SMILES string of the molecule is COC(=O)c1sc(N2CCCN3CCCC3C2)nc1C. The number of fused-ring (bicyclic) bond motifs is 1. The highest BCUT2D eigenvalue weighted by atomic mass is 32.1. The van der Waals surface area contributed by atoms with Crippen molar-refractivity contribution in [3.8, 4) is 0 Å². The van der Waals surface area contributed by atoms with E-state index in [4.69, 9.17) is 4.74 Å². The van der Waals surface area contributed by atoms with E-state index in [1.54, 1.807) is 0 Å². The molecule has 0 amide bonds. The highest BCUT2D eigenvalue weighted by molar-refractivity contribution is 7.17. The molecule has 2 aliphatic heterocycles. The van der Waals surface area contributed by atoms with Crippen LogP contribution in [0, 0.1) is 6.92 Å². The van der Waals surface area contributed by atoms with Crippen LogP contribution in [-0.4, -0.2) is 55.2 Å². The summed E-state index contributed by atoms with van der Waals surface area (Å²) in [4.78, 5) is 21.9. The number of rotatable bonds is 2. The highest BCUT2D eigenvalue weighted by Crippen LogP contribution is 2.30. The van der Waals surface area contributed by atoms with Gasteiger partial charge in [-0.3, -0.25) is 4.90 Å². The number of esters is 1. The number of anilines is 1. The first-order valence-electron chi connectivity index (χ1n) is 7.24. The van der Waals surface area contributed by atoms with Crippen LogP contribution in [0.2, 0.25) is 0 Å². The van der Waals surface area contributed by atoms with Gasteiger partial charge in [-0.2, -0.15) is 0 Å². The lowest BCUT2D eigenvalue weighted by molar-refractivity contribution is 0.0605. The van der Waals surface area contributed by atoms with Crippen molar-refractivity contribution in [1.29, 1.82) is 0 Å². The molecule has 0 bridgehead atoms. The van der Waals surface area contributed by atoms with Crippen molar-refractivity contribution in [2.75, 3.05) is 38.2 Å². The minimum Gasteiger partial charge on any atom is -0.465 e. The fourth-order valence-corrected chi connectivity index (χ4v) is 4.20. The van der Waals surface area contributed by atoms with Crippen molar-refractivity contribution in [2.24, 2.45) is 0 Å². The van der Waals surface area contributed by atoms with E-state index in [1.807, 2.05) is 6.92 Å². The average molecular weight is 295 g/mol. The predicted octanol–water partition coefficient (Wildman–Crippen LogP) is 1.91. The largest absolute Gasteiger partial charge is 0.465 e. The number of carbonyl (C=O) groups is 1. The standard InChI is InChI=1S/C14H21N3O2S/c1-10-12(13(18)19-2)20-14(15-10)17-8-4-7-16-6-3-5-11(16)9-17/h11H,3-9H2,1-2H3. The molecule has 0 radical (unpaired) electrons. The fourth-order valence-electron chi connectivity index (χ4n) is 3.18. The first-order chi connectivity index (χ1) is 9.69. The van der Waals surface area contributed by atoms with Crippen LogP contribution in [0.15, 0.2) is 0 Å². The van der Waals surface area contributed by atoms with E-state index in [0.29, 0.717) is 10.9 Å². The molecule has 0 saturated carbocycles. The molecule has 1 aromatic heterocycles. The third-order valence-corrected chi connectivity index (χ3v) is 5.43. The minimum atomic E-state index is -0.274. The van der Waals surface area contributed by atoms with Crippen molar-refractivity contribution >= 4 is 22.4 Å². The number of methoxy groups -OCH3 is 1. The number of ether oxygens (including phenoxy) is 1. The molecule has 0 aliphatic carbocycles. The summed E-state index contributed by atoms with van der Waals surface area (Å²) in [7, 11) is 1.42. The summed E-state index contributed by atoms with van der Waals surface area (Å²) >= 11 is 1.46. The molecule has 2 fully saturated rings. The van der Waals surface area contributed by atoms with Gasteiger partial charge in [0.15, 0.2) is 5.13 Å². The number of thiazole rings is 1. The van der Waals surface area contributed by atoms with Gasteiger partial charge >= 0.3 is 5.97 Å². The van der Waals surface area contributed by atoms with E-state index in [9.17, 15) is 4.79 Å². The molecule has 0 spiro atoms. The van der Waals surface area contributed by atoms with Gasteiger partial charge in [0, 0.05) is 25.7 Å². The summed E-state index contributed by atoms with van der Waals surface area (Å²) in [6.45, 7) is 6.37. The minimum absolute atomic E-state index is 0.274. The average Bonchev–Trinajstić information content (AvgIpc) is 2.99. The monoisotopic (exact) mass is 295 g/mol. The molecule has 5 nitrogen and oxygen atoms in total. The number of carbonyl (C=O) groups excluding carboxylic acids is 1. The first kappa shape index (κ1) is 13.8. The molecule has 20 heavy (non-hydrogen) atoms. The first-order valence-corrected chi connectivity index (χ1v) is 8.05. The second kappa shape index (κ2) is 5.69. The zero-order chi connectivity index (χ0) is 14.1. The van der Waals surface area contributed by atoms with Crippen LogP contribution in [0.4, 0.5) is 5.13 Å². The van der Waals surface area contributed by atoms with E-state index in [-0.39, 0.29) is 5.97 Å². The number of aromatic nitrogens is 1. The second-order valence-corrected chi connectivity index (χ2v) is 6.51. The quantitative estimate of drug-likeness (QED) is 0.780. The van der Waals surface area contributed by atoms with Crippen LogP contribution >= 0.6 is 11.3 Å². The Bertz CT molecular complexity index is 503. The Morgan fingerprint density at radius 1 is 1.35 bits per heavy atom. The molecule has 6 heteroatoms. The van der Waals surface area contributed by atoms with Crippen molar-refractivity contribution in [1.82, 2.24) is 9.88 Å². The van der Waals surface area contributed by atoms with Gasteiger partial charge in [-0.05, 0) is 32.7 Å². The van der Waals surface area contributed by atoms with Gasteiger partial charge in [0.1, 0.15) is 4.88 Å². The molecule has 2 saturated heterocycles. The molecule has 0 aromatic carbocycles. The van der Waals surface area contributed by atoms with Crippen molar-refractivity contribution in [3.05, 3.63) is 10.6 Å². The topological polar surface area (TPSA) is 45.7 Å². The molecule has 1 aromatic rings. The van der Waals surface area contributed by atoms with Crippen molar-refractivity contribution in [3.63, 3.8) is 0 Å². The van der Waals surface area contributed by atoms with Gasteiger partial charge in [-0.25, -0.2) is 9.78 Å². The Kier molecular flexibility index (Phi) is 3.94. The number of aryl methyl sites for hydroxylation is 1. The summed E-state index contributed by atoms with van der Waals surface area (Å²) in [5, 5.41) is 0.969. The fraction of sp³-hybridized carbons (Fsp3) is 0.714. The van der Waals surface area contributed by atoms with Crippen LogP contribution in [0.3, 0.4) is 0 Å². The summed E-state index contributed by atoms with van der Waals surface area (Å²) in [6, 6.07) is 0.656. The second-order valence-electron chi connectivity index (χ2n) is 5.53. The maximum Gasteiger partial charge on any atom is 0.350 e. The van der Waals surface area contributed by atoms with E-state index in [2.05, 4.69) is 14.8 Å². The Morgan fingerprint density at radius 3 is 2.95 bits per heavy atom. The van der Waals surface area contributed by atoms with Crippen LogP contribution in [-0.2, 0) is 4.74 Å². The Hall–Kier alpha value is -1.14. The summed E-state index contributed by atoms with van der Waals surface area (Å²) in [5.41, 5.74) is 0.782. The third-order valence-electron chi connectivity index (χ3n) is 4.23. The van der Waals surface area contributed by atoms with E-state index in [1.165, 1.54) is 50.8 Å². The molecule has 3 heterocycles. The van der Waals surface area contributed by atoms with Gasteiger partial charge < -0.3 is 9.64 Å². The number of nitrogens with zero attached hydrogens (tertiary/aromatic N) is 3. The van der Waals surface area contributed by atoms with Crippen LogP contribution in [0.1, 0.15) is 34.6 Å². The van der Waals surface area contributed by atoms with Crippen LogP contribution in [0.25, 0.3) is 0 Å². The predicted molar refractivity (Wildman–Crippen MR) is 79.6 cm³/mol. The maximum atomic E-state index is 11.7. The Labute approximate surface area is 123 Å². The molecule has 2 aliphatic rings. The zero-order valence-corrected chi connectivity index (χ0v) is 12.9. The molecule has 0 N–H and O–H groups in total. The molecule has 1 unspecified atom stereocenters.